The summed E-state index contributed by atoms with van der Waals surface area (Å²) >= 11 is 0. The Labute approximate surface area is 298 Å². The summed E-state index contributed by atoms with van der Waals surface area (Å²) in [5.41, 5.74) is 0. The second kappa shape index (κ2) is 32.3. The maximum atomic E-state index is 12.7. The summed E-state index contributed by atoms with van der Waals surface area (Å²) in [6, 6.07) is 0. The Kier molecular flexibility index (Phi) is 30.0. The van der Waals surface area contributed by atoms with E-state index in [2.05, 4.69) is 50.3 Å². The number of ether oxygens (including phenoxy) is 4. The number of hydrogen-bond donors (Lipinski definition) is 4. The first kappa shape index (κ1) is 45.4. The molecule has 0 spiro atoms. The van der Waals surface area contributed by atoms with E-state index in [1.807, 2.05) is 0 Å². The van der Waals surface area contributed by atoms with E-state index in [4.69, 9.17) is 18.9 Å². The Bertz CT molecular complexity index is 844. The Hall–Kier alpha value is -1.59. The van der Waals surface area contributed by atoms with Gasteiger partial charge < -0.3 is 39.4 Å². The van der Waals surface area contributed by atoms with Crippen LogP contribution in [0.2, 0.25) is 0 Å². The summed E-state index contributed by atoms with van der Waals surface area (Å²) in [6.45, 7) is 4.43. The molecular formula is C40H72O9. The van der Waals surface area contributed by atoms with Gasteiger partial charge in [-0.15, -0.1) is 0 Å². The monoisotopic (exact) mass is 697 g/mol. The molecule has 1 saturated heterocycles. The maximum Gasteiger partial charge on any atom is 0.306 e. The lowest BCUT2D eigenvalue weighted by Gasteiger charge is -2.39. The van der Waals surface area contributed by atoms with Crippen molar-refractivity contribution in [3.63, 3.8) is 0 Å². The smallest absolute Gasteiger partial charge is 0.306 e. The minimum Gasteiger partial charge on any atom is -0.457 e. The molecule has 1 aliphatic rings. The molecule has 0 radical (unpaired) electrons. The summed E-state index contributed by atoms with van der Waals surface area (Å²) in [6.07, 6.45) is 28.8. The van der Waals surface area contributed by atoms with Crippen molar-refractivity contribution in [1.29, 1.82) is 0 Å². The molecule has 1 rings (SSSR count). The molecule has 0 saturated carbocycles. The average molecular weight is 697 g/mol. The fraction of sp³-hybridized carbons (Fsp3) is 0.825. The Balaban J connectivity index is 2.34. The van der Waals surface area contributed by atoms with Crippen molar-refractivity contribution in [2.75, 3.05) is 26.4 Å². The second-order valence-corrected chi connectivity index (χ2v) is 13.4. The number of unbranched alkanes of at least 4 members (excludes halogenated alkanes) is 15. The quantitative estimate of drug-likeness (QED) is 0.0318. The molecule has 49 heavy (non-hydrogen) atoms. The molecule has 6 atom stereocenters. The molecule has 1 aliphatic heterocycles. The van der Waals surface area contributed by atoms with Crippen LogP contribution in [0.15, 0.2) is 36.5 Å². The van der Waals surface area contributed by atoms with Crippen LogP contribution in [-0.2, 0) is 23.7 Å². The van der Waals surface area contributed by atoms with Crippen LogP contribution in [0, 0.1) is 0 Å². The van der Waals surface area contributed by atoms with Crippen LogP contribution in [0.4, 0.5) is 0 Å². The van der Waals surface area contributed by atoms with Gasteiger partial charge in [-0.2, -0.15) is 0 Å². The van der Waals surface area contributed by atoms with Crippen molar-refractivity contribution in [3.8, 4) is 0 Å². The van der Waals surface area contributed by atoms with E-state index in [1.54, 1.807) is 0 Å². The SMILES string of the molecule is CCC/C=C\CCCCCCCCOCC(COC1OC(CO)C(O)C(O)C1O)OC(=O)CCCCCCC/C=C\C/C=C\CCCCC. The van der Waals surface area contributed by atoms with Gasteiger partial charge in [-0.1, -0.05) is 115 Å². The van der Waals surface area contributed by atoms with Gasteiger partial charge in [-0.25, -0.2) is 0 Å². The first-order chi connectivity index (χ1) is 23.9. The highest BCUT2D eigenvalue weighted by Crippen LogP contribution is 2.22. The van der Waals surface area contributed by atoms with Crippen molar-refractivity contribution in [1.82, 2.24) is 0 Å². The van der Waals surface area contributed by atoms with Gasteiger partial charge in [0.25, 0.3) is 0 Å². The van der Waals surface area contributed by atoms with Crippen molar-refractivity contribution in [2.45, 2.75) is 185 Å². The predicted octanol–water partition coefficient (Wildman–Crippen LogP) is 7.63. The number of hydrogen-bond acceptors (Lipinski definition) is 9. The minimum absolute atomic E-state index is 0.122. The molecule has 0 amide bonds. The van der Waals surface area contributed by atoms with Crippen LogP contribution >= 0.6 is 0 Å². The van der Waals surface area contributed by atoms with E-state index in [0.29, 0.717) is 13.0 Å². The number of rotatable bonds is 32. The molecule has 1 heterocycles. The third kappa shape index (κ3) is 24.3. The van der Waals surface area contributed by atoms with Crippen LogP contribution in [0.5, 0.6) is 0 Å². The molecule has 0 aromatic rings. The molecule has 1 fully saturated rings. The largest absolute Gasteiger partial charge is 0.457 e. The number of carbonyl (C=O) groups is 1. The lowest BCUT2D eigenvalue weighted by atomic mass is 9.99. The van der Waals surface area contributed by atoms with Crippen LogP contribution < -0.4 is 0 Å². The molecule has 6 unspecified atom stereocenters. The molecule has 0 bridgehead atoms. The number of carbonyl (C=O) groups excluding carboxylic acids is 1. The molecule has 4 N–H and O–H groups in total. The Morgan fingerprint density at radius 2 is 1.22 bits per heavy atom. The highest BCUT2D eigenvalue weighted by atomic mass is 16.7. The number of allylic oxidation sites excluding steroid dienone is 6. The van der Waals surface area contributed by atoms with E-state index in [9.17, 15) is 25.2 Å². The van der Waals surface area contributed by atoms with Gasteiger partial charge in [0.2, 0.25) is 0 Å². The van der Waals surface area contributed by atoms with E-state index < -0.39 is 43.4 Å². The van der Waals surface area contributed by atoms with Crippen LogP contribution in [0.25, 0.3) is 0 Å². The summed E-state index contributed by atoms with van der Waals surface area (Å²) in [5.74, 6) is -0.332. The van der Waals surface area contributed by atoms with Crippen molar-refractivity contribution < 1.29 is 44.2 Å². The first-order valence-corrected chi connectivity index (χ1v) is 19.6. The molecule has 0 aliphatic carbocycles. The summed E-state index contributed by atoms with van der Waals surface area (Å²) < 4.78 is 22.7. The summed E-state index contributed by atoms with van der Waals surface area (Å²) in [4.78, 5) is 12.7. The number of aliphatic hydroxyl groups excluding tert-OH is 4. The zero-order chi connectivity index (χ0) is 35.8. The molecular weight excluding hydrogens is 624 g/mol. The van der Waals surface area contributed by atoms with Gasteiger partial charge >= 0.3 is 5.97 Å². The molecule has 0 aromatic carbocycles. The van der Waals surface area contributed by atoms with Crippen LogP contribution in [0.1, 0.15) is 149 Å². The number of aliphatic hydroxyl groups is 4. The van der Waals surface area contributed by atoms with Crippen molar-refractivity contribution in [3.05, 3.63) is 36.5 Å². The molecule has 9 nitrogen and oxygen atoms in total. The van der Waals surface area contributed by atoms with Gasteiger partial charge in [0.05, 0.1) is 19.8 Å². The van der Waals surface area contributed by atoms with Crippen molar-refractivity contribution >= 4 is 5.97 Å². The lowest BCUT2D eigenvalue weighted by molar-refractivity contribution is -0.305. The maximum absolute atomic E-state index is 12.7. The van der Waals surface area contributed by atoms with Crippen LogP contribution in [-0.4, -0.2) is 89.6 Å². The highest BCUT2D eigenvalue weighted by molar-refractivity contribution is 5.69. The topological polar surface area (TPSA) is 135 Å². The molecule has 0 aromatic heterocycles. The lowest BCUT2D eigenvalue weighted by Crippen LogP contribution is -2.59. The van der Waals surface area contributed by atoms with E-state index >= 15 is 0 Å². The van der Waals surface area contributed by atoms with Crippen molar-refractivity contribution in [2.24, 2.45) is 0 Å². The highest BCUT2D eigenvalue weighted by Gasteiger charge is 2.44. The third-order valence-electron chi connectivity index (χ3n) is 8.76. The Morgan fingerprint density at radius 1 is 0.653 bits per heavy atom. The second-order valence-electron chi connectivity index (χ2n) is 13.4. The fourth-order valence-electron chi connectivity index (χ4n) is 5.64. The Morgan fingerprint density at radius 3 is 1.86 bits per heavy atom. The number of esters is 1. The minimum atomic E-state index is -1.54. The summed E-state index contributed by atoms with van der Waals surface area (Å²) in [7, 11) is 0. The van der Waals surface area contributed by atoms with Gasteiger partial charge in [0, 0.05) is 13.0 Å². The average Bonchev–Trinajstić information content (AvgIpc) is 3.10. The zero-order valence-electron chi connectivity index (χ0n) is 30.9. The van der Waals surface area contributed by atoms with Gasteiger partial charge in [-0.05, 0) is 64.2 Å². The zero-order valence-corrected chi connectivity index (χ0v) is 30.9. The third-order valence-corrected chi connectivity index (χ3v) is 8.76. The molecule has 286 valence electrons. The van der Waals surface area contributed by atoms with Crippen LogP contribution in [0.3, 0.4) is 0 Å². The van der Waals surface area contributed by atoms with E-state index in [0.717, 1.165) is 77.0 Å². The predicted molar refractivity (Wildman–Crippen MR) is 196 cm³/mol. The van der Waals surface area contributed by atoms with E-state index in [1.165, 1.54) is 51.4 Å². The van der Waals surface area contributed by atoms with Gasteiger partial charge in [0.15, 0.2) is 6.29 Å². The standard InChI is InChI=1S/C40H72O9/c1-3-5-7-9-11-13-15-16-17-18-19-21-23-25-27-29-36(42)48-34(33-47-40-39(45)38(44)37(43)35(31-41)49-40)32-46-30-28-26-24-22-20-14-12-10-8-6-4-2/h8,10-11,13,16-17,34-35,37-41,43-45H,3-7,9,12,14-15,18-33H2,1-2H3/b10-8-,13-11-,17-16-. The normalized spacial score (nSPS) is 22.1. The first-order valence-electron chi connectivity index (χ1n) is 19.6. The van der Waals surface area contributed by atoms with Gasteiger partial charge in [0.1, 0.15) is 30.5 Å². The fourth-order valence-corrected chi connectivity index (χ4v) is 5.64. The summed E-state index contributed by atoms with van der Waals surface area (Å²) in [5, 5.41) is 39.9. The van der Waals surface area contributed by atoms with Gasteiger partial charge in [-0.3, -0.25) is 4.79 Å². The molecule has 9 heteroatoms. The van der Waals surface area contributed by atoms with E-state index in [-0.39, 0.29) is 19.2 Å².